The number of rotatable bonds is 4. The van der Waals surface area contributed by atoms with E-state index in [-0.39, 0.29) is 18.1 Å². The molecule has 2 rings (SSSR count). The molecule has 0 bridgehead atoms. The van der Waals surface area contributed by atoms with Crippen molar-refractivity contribution in [2.45, 2.75) is 13.8 Å². The molecule has 0 spiro atoms. The van der Waals surface area contributed by atoms with Crippen LogP contribution in [0.2, 0.25) is 0 Å². The second-order valence-electron chi connectivity index (χ2n) is 4.09. The normalized spacial score (nSPS) is 10.3. The number of hydrogen-bond donors (Lipinski definition) is 0. The zero-order chi connectivity index (χ0) is 14.7. The zero-order valence-corrected chi connectivity index (χ0v) is 11.1. The smallest absolute Gasteiger partial charge is 0.374 e. The Bertz CT molecular complexity index is 659. The van der Waals surface area contributed by atoms with Crippen LogP contribution < -0.4 is 0 Å². The molecule has 0 radical (unpaired) electrons. The van der Waals surface area contributed by atoms with E-state index >= 15 is 0 Å². The second kappa shape index (κ2) is 5.56. The van der Waals surface area contributed by atoms with Gasteiger partial charge < -0.3 is 9.15 Å². The van der Waals surface area contributed by atoms with Crippen LogP contribution in [0, 0.1) is 17.0 Å². The number of ether oxygens (including phenoxy) is 1. The average molecular weight is 275 g/mol. The Balaban J connectivity index is 2.40. The molecule has 0 N–H and O–H groups in total. The summed E-state index contributed by atoms with van der Waals surface area (Å²) in [6, 6.07) is 7.79. The number of benzene rings is 1. The summed E-state index contributed by atoms with van der Waals surface area (Å²) in [6.45, 7) is 3.59. The molecule has 0 aliphatic carbocycles. The Morgan fingerprint density at radius 1 is 1.35 bits per heavy atom. The molecule has 0 fully saturated rings. The van der Waals surface area contributed by atoms with Crippen LogP contribution in [0.25, 0.3) is 11.3 Å². The highest BCUT2D eigenvalue weighted by Gasteiger charge is 2.18. The predicted octanol–water partition coefficient (Wildman–Crippen LogP) is 3.34. The first-order chi connectivity index (χ1) is 9.54. The number of carbonyl (C=O) groups is 1. The number of esters is 1. The maximum atomic E-state index is 11.5. The lowest BCUT2D eigenvalue weighted by Gasteiger charge is -2.03. The molecule has 2 aromatic rings. The largest absolute Gasteiger partial charge is 0.460 e. The number of nitrogens with zero attached hydrogens (tertiary/aromatic N) is 1. The van der Waals surface area contributed by atoms with E-state index in [0.29, 0.717) is 16.9 Å². The summed E-state index contributed by atoms with van der Waals surface area (Å²) in [5.41, 5.74) is 1.08. The molecule has 1 aromatic heterocycles. The number of furan rings is 1. The molecular formula is C14H13NO5. The predicted molar refractivity (Wildman–Crippen MR) is 71.5 cm³/mol. The molecule has 0 unspecified atom stereocenters. The minimum absolute atomic E-state index is 0.0107. The summed E-state index contributed by atoms with van der Waals surface area (Å²) < 4.78 is 10.2. The van der Waals surface area contributed by atoms with Crippen LogP contribution in [0.3, 0.4) is 0 Å². The van der Waals surface area contributed by atoms with Crippen molar-refractivity contribution in [1.82, 2.24) is 0 Å². The van der Waals surface area contributed by atoms with Crippen molar-refractivity contribution in [3.8, 4) is 11.3 Å². The fourth-order valence-electron chi connectivity index (χ4n) is 1.88. The summed E-state index contributed by atoms with van der Waals surface area (Å²) >= 11 is 0. The molecule has 0 saturated heterocycles. The lowest BCUT2D eigenvalue weighted by atomic mass is 10.1. The van der Waals surface area contributed by atoms with Gasteiger partial charge in [0.25, 0.3) is 5.69 Å². The van der Waals surface area contributed by atoms with Crippen LogP contribution in [-0.2, 0) is 4.74 Å². The summed E-state index contributed by atoms with van der Waals surface area (Å²) in [5, 5.41) is 10.9. The van der Waals surface area contributed by atoms with Crippen molar-refractivity contribution in [2.24, 2.45) is 0 Å². The molecule has 6 heteroatoms. The van der Waals surface area contributed by atoms with Gasteiger partial charge >= 0.3 is 5.97 Å². The Kier molecular flexibility index (Phi) is 3.84. The van der Waals surface area contributed by atoms with Crippen molar-refractivity contribution in [3.63, 3.8) is 0 Å². The van der Waals surface area contributed by atoms with Crippen LogP contribution >= 0.6 is 0 Å². The first kappa shape index (κ1) is 13.8. The SMILES string of the molecule is CCOC(=O)c1ccc(-c2cccc([N+](=O)[O-])c2C)o1. The van der Waals surface area contributed by atoms with Crippen LogP contribution in [-0.4, -0.2) is 17.5 Å². The van der Waals surface area contributed by atoms with E-state index in [9.17, 15) is 14.9 Å². The molecule has 104 valence electrons. The molecule has 6 nitrogen and oxygen atoms in total. The molecule has 1 heterocycles. The minimum Gasteiger partial charge on any atom is -0.460 e. The van der Waals surface area contributed by atoms with Crippen molar-refractivity contribution >= 4 is 11.7 Å². The van der Waals surface area contributed by atoms with Gasteiger partial charge in [0.1, 0.15) is 5.76 Å². The van der Waals surface area contributed by atoms with E-state index in [4.69, 9.17) is 9.15 Å². The van der Waals surface area contributed by atoms with Gasteiger partial charge in [-0.2, -0.15) is 0 Å². The van der Waals surface area contributed by atoms with E-state index in [1.807, 2.05) is 0 Å². The summed E-state index contributed by atoms with van der Waals surface area (Å²) in [7, 11) is 0. The van der Waals surface area contributed by atoms with E-state index < -0.39 is 10.9 Å². The first-order valence-corrected chi connectivity index (χ1v) is 6.06. The average Bonchev–Trinajstić information content (AvgIpc) is 2.88. The van der Waals surface area contributed by atoms with Crippen LogP contribution in [0.4, 0.5) is 5.69 Å². The maximum absolute atomic E-state index is 11.5. The number of carbonyl (C=O) groups excluding carboxylic acids is 1. The number of hydrogen-bond acceptors (Lipinski definition) is 5. The lowest BCUT2D eigenvalue weighted by molar-refractivity contribution is -0.385. The highest BCUT2D eigenvalue weighted by molar-refractivity contribution is 5.87. The second-order valence-corrected chi connectivity index (χ2v) is 4.09. The van der Waals surface area contributed by atoms with Gasteiger partial charge in [0.15, 0.2) is 0 Å². The molecule has 1 aromatic carbocycles. The Morgan fingerprint density at radius 2 is 2.10 bits per heavy atom. The monoisotopic (exact) mass is 275 g/mol. The fourth-order valence-corrected chi connectivity index (χ4v) is 1.88. The minimum atomic E-state index is -0.554. The van der Waals surface area contributed by atoms with E-state index in [2.05, 4.69) is 0 Å². The quantitative estimate of drug-likeness (QED) is 0.485. The van der Waals surface area contributed by atoms with Crippen LogP contribution in [0.5, 0.6) is 0 Å². The maximum Gasteiger partial charge on any atom is 0.374 e. The van der Waals surface area contributed by atoms with Crippen LogP contribution in [0.1, 0.15) is 23.0 Å². The highest BCUT2D eigenvalue weighted by Crippen LogP contribution is 2.31. The Hall–Kier alpha value is -2.63. The molecule has 0 atom stereocenters. The number of nitro benzene ring substituents is 1. The van der Waals surface area contributed by atoms with E-state index in [1.165, 1.54) is 12.1 Å². The van der Waals surface area contributed by atoms with Gasteiger partial charge in [-0.3, -0.25) is 10.1 Å². The van der Waals surface area contributed by atoms with Crippen LogP contribution in [0.15, 0.2) is 34.7 Å². The third-order valence-corrected chi connectivity index (χ3v) is 2.85. The summed E-state index contributed by atoms with van der Waals surface area (Å²) in [6.07, 6.45) is 0. The van der Waals surface area contributed by atoms with E-state index in [1.54, 1.807) is 32.0 Å². The third kappa shape index (κ3) is 2.54. The lowest BCUT2D eigenvalue weighted by Crippen LogP contribution is -2.02. The molecule has 0 saturated carbocycles. The summed E-state index contributed by atoms with van der Waals surface area (Å²) in [5.74, 6) is -0.0798. The molecule has 0 amide bonds. The Labute approximate surface area is 115 Å². The van der Waals surface area contributed by atoms with Crippen molar-refractivity contribution < 1.29 is 18.9 Å². The first-order valence-electron chi connectivity index (χ1n) is 6.06. The van der Waals surface area contributed by atoms with Gasteiger partial charge in [-0.05, 0) is 26.0 Å². The van der Waals surface area contributed by atoms with Crippen molar-refractivity contribution in [2.75, 3.05) is 6.61 Å². The molecule has 0 aliphatic rings. The van der Waals surface area contributed by atoms with Crippen molar-refractivity contribution in [1.29, 1.82) is 0 Å². The topological polar surface area (TPSA) is 82.6 Å². The van der Waals surface area contributed by atoms with Gasteiger partial charge in [0.2, 0.25) is 5.76 Å². The molecule has 0 aliphatic heterocycles. The van der Waals surface area contributed by atoms with Gasteiger partial charge in [-0.15, -0.1) is 0 Å². The highest BCUT2D eigenvalue weighted by atomic mass is 16.6. The number of nitro groups is 1. The van der Waals surface area contributed by atoms with Gasteiger partial charge in [-0.25, -0.2) is 4.79 Å². The standard InChI is InChI=1S/C14H13NO5/c1-3-19-14(16)13-8-7-12(20-13)10-5-4-6-11(9(10)2)15(17)18/h4-8H,3H2,1-2H3. The van der Waals surface area contributed by atoms with Gasteiger partial charge in [-0.1, -0.05) is 12.1 Å². The third-order valence-electron chi connectivity index (χ3n) is 2.85. The molecule has 20 heavy (non-hydrogen) atoms. The Morgan fingerprint density at radius 3 is 2.75 bits per heavy atom. The van der Waals surface area contributed by atoms with Gasteiger partial charge in [0, 0.05) is 17.2 Å². The molecular weight excluding hydrogens is 262 g/mol. The fraction of sp³-hybridized carbons (Fsp3) is 0.214. The van der Waals surface area contributed by atoms with Crippen molar-refractivity contribution in [3.05, 3.63) is 51.8 Å². The van der Waals surface area contributed by atoms with E-state index in [0.717, 1.165) is 0 Å². The van der Waals surface area contributed by atoms with Gasteiger partial charge in [0.05, 0.1) is 11.5 Å². The zero-order valence-electron chi connectivity index (χ0n) is 11.1. The summed E-state index contributed by atoms with van der Waals surface area (Å²) in [4.78, 5) is 22.0.